The quantitative estimate of drug-likeness (QED) is 0.647. The smallest absolute Gasteiger partial charge is 0.151 e. The lowest BCUT2D eigenvalue weighted by molar-refractivity contribution is 0.646. The molecule has 0 saturated carbocycles. The summed E-state index contributed by atoms with van der Waals surface area (Å²) < 4.78 is 5.73. The van der Waals surface area contributed by atoms with Gasteiger partial charge in [0.2, 0.25) is 0 Å². The molecule has 3 heteroatoms. The molecule has 2 rings (SSSR count). The summed E-state index contributed by atoms with van der Waals surface area (Å²) in [5.41, 5.74) is 0.903. The monoisotopic (exact) mass is 191 g/mol. The fraction of sp³-hybridized carbons (Fsp3) is 0.300. The van der Waals surface area contributed by atoms with Crippen LogP contribution in [-0.4, -0.2) is 13.1 Å². The van der Waals surface area contributed by atoms with Gasteiger partial charge >= 0.3 is 0 Å². The molecule has 68 valence electrons. The highest BCUT2D eigenvalue weighted by atomic mass is 28.3. The Hall–Kier alpha value is -1.09. The molecule has 2 heterocycles. The second-order valence-electron chi connectivity index (χ2n) is 4.27. The van der Waals surface area contributed by atoms with Crippen LogP contribution in [0.25, 0.3) is 11.0 Å². The van der Waals surface area contributed by atoms with Gasteiger partial charge in [0.05, 0.1) is 11.6 Å². The molecule has 2 nitrogen and oxygen atoms in total. The number of hydrogen-bond donors (Lipinski definition) is 0. The first-order chi connectivity index (χ1) is 6.07. The maximum Gasteiger partial charge on any atom is 0.151 e. The van der Waals surface area contributed by atoms with E-state index in [0.29, 0.717) is 0 Å². The van der Waals surface area contributed by atoms with Crippen LogP contribution in [0.2, 0.25) is 19.6 Å². The van der Waals surface area contributed by atoms with Crippen LogP contribution in [0.3, 0.4) is 0 Å². The van der Waals surface area contributed by atoms with Gasteiger partial charge in [0.15, 0.2) is 5.58 Å². The summed E-state index contributed by atoms with van der Waals surface area (Å²) in [6.45, 7) is 6.83. The van der Waals surface area contributed by atoms with Crippen LogP contribution in [-0.2, 0) is 0 Å². The predicted molar refractivity (Wildman–Crippen MR) is 57.0 cm³/mol. The zero-order valence-corrected chi connectivity index (χ0v) is 9.16. The summed E-state index contributed by atoms with van der Waals surface area (Å²) in [7, 11) is -1.31. The van der Waals surface area contributed by atoms with Crippen molar-refractivity contribution in [1.82, 2.24) is 4.98 Å². The highest BCUT2D eigenvalue weighted by Gasteiger charge is 2.21. The molecule has 0 bridgehead atoms. The van der Waals surface area contributed by atoms with Crippen molar-refractivity contribution in [1.29, 1.82) is 0 Å². The third kappa shape index (κ3) is 1.51. The van der Waals surface area contributed by atoms with E-state index in [0.717, 1.165) is 16.4 Å². The molecule has 0 amide bonds. The minimum atomic E-state index is -1.31. The van der Waals surface area contributed by atoms with E-state index in [-0.39, 0.29) is 0 Å². The third-order valence-electron chi connectivity index (χ3n) is 2.06. The number of aromatic nitrogens is 1. The topological polar surface area (TPSA) is 26.0 Å². The van der Waals surface area contributed by atoms with Crippen molar-refractivity contribution in [3.05, 3.63) is 24.5 Å². The Morgan fingerprint density at radius 2 is 2.08 bits per heavy atom. The highest BCUT2D eigenvalue weighted by Crippen LogP contribution is 2.14. The van der Waals surface area contributed by atoms with Crippen LogP contribution in [0.1, 0.15) is 0 Å². The van der Waals surface area contributed by atoms with Crippen molar-refractivity contribution in [2.75, 3.05) is 0 Å². The maximum absolute atomic E-state index is 5.73. The van der Waals surface area contributed by atoms with E-state index in [2.05, 4.69) is 30.7 Å². The molecular weight excluding hydrogens is 178 g/mol. The summed E-state index contributed by atoms with van der Waals surface area (Å²) in [5, 5.41) is 2.31. The van der Waals surface area contributed by atoms with Crippen molar-refractivity contribution in [3.63, 3.8) is 0 Å². The summed E-state index contributed by atoms with van der Waals surface area (Å²) in [4.78, 5) is 4.03. The van der Waals surface area contributed by atoms with E-state index in [1.54, 1.807) is 12.4 Å². The Labute approximate surface area is 78.6 Å². The number of hydrogen-bond acceptors (Lipinski definition) is 2. The molecule has 0 aromatic carbocycles. The van der Waals surface area contributed by atoms with Crippen molar-refractivity contribution in [2.24, 2.45) is 0 Å². The molecule has 0 fully saturated rings. The van der Waals surface area contributed by atoms with Crippen molar-refractivity contribution in [3.8, 4) is 0 Å². The molecule has 0 aliphatic heterocycles. The van der Waals surface area contributed by atoms with Gasteiger partial charge in [-0.25, -0.2) is 0 Å². The van der Waals surface area contributed by atoms with Crippen molar-refractivity contribution < 1.29 is 4.42 Å². The predicted octanol–water partition coefficient (Wildman–Crippen LogP) is 2.37. The van der Waals surface area contributed by atoms with E-state index in [1.165, 1.54) is 0 Å². The lowest BCUT2D eigenvalue weighted by atomic mass is 10.3. The van der Waals surface area contributed by atoms with Crippen LogP contribution >= 0.6 is 0 Å². The van der Waals surface area contributed by atoms with Crippen LogP contribution in [0.15, 0.2) is 28.9 Å². The zero-order chi connectivity index (χ0) is 9.47. The van der Waals surface area contributed by atoms with Gasteiger partial charge in [-0.1, -0.05) is 19.6 Å². The number of rotatable bonds is 1. The molecule has 0 aliphatic carbocycles. The Kier molecular flexibility index (Phi) is 1.77. The van der Waals surface area contributed by atoms with Gasteiger partial charge in [-0.05, 0) is 12.1 Å². The molecule has 0 unspecified atom stereocenters. The molecular formula is C10H13NOSi. The molecule has 0 radical (unpaired) electrons. The molecule has 2 aromatic rings. The van der Waals surface area contributed by atoms with Crippen LogP contribution in [0.4, 0.5) is 0 Å². The molecule has 13 heavy (non-hydrogen) atoms. The Balaban J connectivity index is 2.63. The fourth-order valence-corrected chi connectivity index (χ4v) is 2.26. The number of pyridine rings is 1. The molecule has 0 saturated heterocycles. The lowest BCUT2D eigenvalue weighted by Crippen LogP contribution is -2.36. The Morgan fingerprint density at radius 3 is 2.69 bits per heavy atom. The van der Waals surface area contributed by atoms with Gasteiger partial charge in [-0.15, -0.1) is 0 Å². The fourth-order valence-electron chi connectivity index (χ4n) is 1.25. The molecule has 0 spiro atoms. The standard InChI is InChI=1S/C10H13NOSi/c1-13(2,3)10-6-8-4-5-11-7-9(8)12-10/h4-7H,1-3H3. The second kappa shape index (κ2) is 2.70. The van der Waals surface area contributed by atoms with Crippen LogP contribution < -0.4 is 5.38 Å². The van der Waals surface area contributed by atoms with Gasteiger partial charge in [0, 0.05) is 11.6 Å². The Morgan fingerprint density at radius 1 is 1.31 bits per heavy atom. The molecule has 0 atom stereocenters. The van der Waals surface area contributed by atoms with Gasteiger partial charge in [-0.3, -0.25) is 4.98 Å². The lowest BCUT2D eigenvalue weighted by Gasteiger charge is -2.10. The zero-order valence-electron chi connectivity index (χ0n) is 8.16. The number of nitrogens with zero attached hydrogens (tertiary/aromatic N) is 1. The average Bonchev–Trinajstić information content (AvgIpc) is 2.45. The summed E-state index contributed by atoms with van der Waals surface area (Å²) in [5.74, 6) is 0. The van der Waals surface area contributed by atoms with E-state index in [4.69, 9.17) is 4.42 Å². The van der Waals surface area contributed by atoms with E-state index < -0.39 is 8.07 Å². The van der Waals surface area contributed by atoms with Crippen molar-refractivity contribution in [2.45, 2.75) is 19.6 Å². The first-order valence-corrected chi connectivity index (χ1v) is 7.91. The normalized spacial score (nSPS) is 12.2. The summed E-state index contributed by atoms with van der Waals surface area (Å²) in [6.07, 6.45) is 3.57. The van der Waals surface area contributed by atoms with Gasteiger partial charge in [-0.2, -0.15) is 0 Å². The van der Waals surface area contributed by atoms with Gasteiger partial charge < -0.3 is 4.42 Å². The third-order valence-corrected chi connectivity index (χ3v) is 3.79. The Bertz CT molecular complexity index is 395. The SMILES string of the molecule is C[Si](C)(C)c1cc2ccncc2o1. The number of fused-ring (bicyclic) bond motifs is 1. The van der Waals surface area contributed by atoms with Crippen LogP contribution in [0, 0.1) is 0 Å². The molecule has 0 N–H and O–H groups in total. The van der Waals surface area contributed by atoms with E-state index in [9.17, 15) is 0 Å². The van der Waals surface area contributed by atoms with Gasteiger partial charge in [0.1, 0.15) is 8.07 Å². The van der Waals surface area contributed by atoms with Crippen molar-refractivity contribution >= 4 is 24.4 Å². The minimum absolute atomic E-state index is 0.903. The first-order valence-electron chi connectivity index (χ1n) is 4.41. The first kappa shape index (κ1) is 8.50. The maximum atomic E-state index is 5.73. The average molecular weight is 191 g/mol. The molecule has 2 aromatic heterocycles. The largest absolute Gasteiger partial charge is 0.465 e. The number of furan rings is 1. The van der Waals surface area contributed by atoms with E-state index >= 15 is 0 Å². The summed E-state index contributed by atoms with van der Waals surface area (Å²) >= 11 is 0. The highest BCUT2D eigenvalue weighted by molar-refractivity contribution is 6.87. The van der Waals surface area contributed by atoms with Crippen LogP contribution in [0.5, 0.6) is 0 Å². The van der Waals surface area contributed by atoms with Gasteiger partial charge in [0.25, 0.3) is 0 Å². The summed E-state index contributed by atoms with van der Waals surface area (Å²) in [6, 6.07) is 4.13. The minimum Gasteiger partial charge on any atom is -0.465 e. The second-order valence-corrected chi connectivity index (χ2v) is 9.27. The van der Waals surface area contributed by atoms with E-state index in [1.807, 2.05) is 6.07 Å². The molecule has 0 aliphatic rings.